The van der Waals surface area contributed by atoms with Gasteiger partial charge in [0.05, 0.1) is 11.2 Å². The quantitative estimate of drug-likeness (QED) is 0.720. The number of nitrogens with zero attached hydrogens (tertiary/aromatic N) is 1. The van der Waals surface area contributed by atoms with E-state index in [4.69, 9.17) is 16.0 Å². The molecule has 0 saturated heterocycles. The molecular formula is C20H23ClN2O4. The summed E-state index contributed by atoms with van der Waals surface area (Å²) in [6.07, 6.45) is 6.59. The number of carbonyl (C=O) groups excluding carboxylic acids is 1. The normalized spacial score (nSPS) is 16.5. The Morgan fingerprint density at radius 2 is 1.89 bits per heavy atom. The van der Waals surface area contributed by atoms with E-state index in [9.17, 15) is 14.7 Å². The van der Waals surface area contributed by atoms with E-state index in [0.29, 0.717) is 35.9 Å². The van der Waals surface area contributed by atoms with Gasteiger partial charge in [0.15, 0.2) is 11.7 Å². The summed E-state index contributed by atoms with van der Waals surface area (Å²) in [5, 5.41) is 13.0. The molecule has 144 valence electrons. The minimum atomic E-state index is -1.15. The van der Waals surface area contributed by atoms with Crippen LogP contribution in [0.2, 0.25) is 5.02 Å². The molecule has 0 radical (unpaired) electrons. The third-order valence-electron chi connectivity index (χ3n) is 5.00. The maximum Gasteiger partial charge on any atom is 0.329 e. The average Bonchev–Trinajstić information content (AvgIpc) is 2.98. The lowest BCUT2D eigenvalue weighted by Crippen LogP contribution is -2.54. The third-order valence-corrected chi connectivity index (χ3v) is 5.33. The Morgan fingerprint density at radius 3 is 2.56 bits per heavy atom. The largest absolute Gasteiger partial charge is 0.480 e. The number of hydrogen-bond acceptors (Lipinski definition) is 4. The van der Waals surface area contributed by atoms with Gasteiger partial charge >= 0.3 is 5.97 Å². The Kier molecular flexibility index (Phi) is 6.16. The molecule has 1 fully saturated rings. The highest BCUT2D eigenvalue weighted by atomic mass is 35.5. The summed E-state index contributed by atoms with van der Waals surface area (Å²) in [6.45, 7) is 0. The number of amides is 1. The predicted molar refractivity (Wildman–Crippen MR) is 101 cm³/mol. The van der Waals surface area contributed by atoms with Crippen LogP contribution in [0.5, 0.6) is 0 Å². The molecule has 0 unspecified atom stereocenters. The molecule has 1 aliphatic rings. The number of aryl methyl sites for hydroxylation is 1. The lowest BCUT2D eigenvalue weighted by molar-refractivity contribution is -0.148. The molecule has 3 rings (SSSR count). The first-order valence-corrected chi connectivity index (χ1v) is 9.62. The molecule has 1 aliphatic carbocycles. The van der Waals surface area contributed by atoms with Crippen LogP contribution in [0.15, 0.2) is 34.9 Å². The molecule has 1 saturated carbocycles. The Balaban J connectivity index is 1.61. The van der Waals surface area contributed by atoms with E-state index < -0.39 is 11.5 Å². The van der Waals surface area contributed by atoms with Crippen molar-refractivity contribution < 1.29 is 19.1 Å². The van der Waals surface area contributed by atoms with Crippen molar-refractivity contribution in [3.8, 4) is 11.3 Å². The molecule has 1 aromatic heterocycles. The van der Waals surface area contributed by atoms with Gasteiger partial charge in [0.25, 0.3) is 0 Å². The van der Waals surface area contributed by atoms with E-state index in [0.717, 1.165) is 31.2 Å². The molecule has 2 N–H and O–H groups in total. The zero-order chi connectivity index (χ0) is 19.3. The van der Waals surface area contributed by atoms with Gasteiger partial charge in [-0.1, -0.05) is 49.4 Å². The van der Waals surface area contributed by atoms with E-state index in [1.807, 2.05) is 18.2 Å². The SMILES string of the molecule is O=C(CCc1ncc(-c2ccccc2Cl)o1)NC1(C(=O)O)CCCCCC1. The molecule has 27 heavy (non-hydrogen) atoms. The summed E-state index contributed by atoms with van der Waals surface area (Å²) in [6, 6.07) is 7.29. The summed E-state index contributed by atoms with van der Waals surface area (Å²) in [7, 11) is 0. The highest BCUT2D eigenvalue weighted by Crippen LogP contribution is 2.29. The number of oxazole rings is 1. The molecule has 0 aliphatic heterocycles. The number of rotatable bonds is 6. The van der Waals surface area contributed by atoms with Crippen molar-refractivity contribution >= 4 is 23.5 Å². The number of hydrogen-bond donors (Lipinski definition) is 2. The minimum Gasteiger partial charge on any atom is -0.480 e. The van der Waals surface area contributed by atoms with Gasteiger partial charge in [-0.2, -0.15) is 0 Å². The van der Waals surface area contributed by atoms with Crippen LogP contribution in [0.1, 0.15) is 50.8 Å². The van der Waals surface area contributed by atoms with Crippen molar-refractivity contribution in [3.05, 3.63) is 41.4 Å². The fourth-order valence-corrected chi connectivity index (χ4v) is 3.71. The van der Waals surface area contributed by atoms with Crippen LogP contribution < -0.4 is 5.32 Å². The molecule has 0 bridgehead atoms. The number of carboxylic acids is 1. The molecule has 0 atom stereocenters. The Bertz CT molecular complexity index is 810. The average molecular weight is 391 g/mol. The topological polar surface area (TPSA) is 92.4 Å². The number of benzene rings is 1. The molecule has 1 heterocycles. The lowest BCUT2D eigenvalue weighted by Gasteiger charge is -2.29. The smallest absolute Gasteiger partial charge is 0.329 e. The number of carboxylic acid groups (broad SMARTS) is 1. The number of nitrogens with one attached hydrogen (secondary N) is 1. The van der Waals surface area contributed by atoms with E-state index in [2.05, 4.69) is 10.3 Å². The van der Waals surface area contributed by atoms with E-state index in [1.165, 1.54) is 0 Å². The van der Waals surface area contributed by atoms with Crippen LogP contribution in [0.3, 0.4) is 0 Å². The van der Waals surface area contributed by atoms with Gasteiger partial charge in [-0.15, -0.1) is 0 Å². The molecule has 7 heteroatoms. The van der Waals surface area contributed by atoms with E-state index >= 15 is 0 Å². The summed E-state index contributed by atoms with van der Waals surface area (Å²) in [5.74, 6) is -0.279. The highest BCUT2D eigenvalue weighted by molar-refractivity contribution is 6.33. The first-order valence-electron chi connectivity index (χ1n) is 9.24. The van der Waals surface area contributed by atoms with Gasteiger partial charge < -0.3 is 14.8 Å². The second-order valence-electron chi connectivity index (χ2n) is 6.95. The zero-order valence-corrected chi connectivity index (χ0v) is 15.8. The van der Waals surface area contributed by atoms with Crippen LogP contribution in [0.4, 0.5) is 0 Å². The molecule has 1 aromatic carbocycles. The zero-order valence-electron chi connectivity index (χ0n) is 15.0. The Labute approximate surface area is 162 Å². The summed E-state index contributed by atoms with van der Waals surface area (Å²) < 4.78 is 5.69. The number of carbonyl (C=O) groups is 2. The van der Waals surface area contributed by atoms with Crippen LogP contribution in [0, 0.1) is 0 Å². The van der Waals surface area contributed by atoms with Gasteiger partial charge in [0, 0.05) is 18.4 Å². The van der Waals surface area contributed by atoms with Gasteiger partial charge in [-0.25, -0.2) is 9.78 Å². The molecule has 1 amide bonds. The van der Waals surface area contributed by atoms with Gasteiger partial charge in [-0.3, -0.25) is 4.79 Å². The van der Waals surface area contributed by atoms with Crippen molar-refractivity contribution in [1.82, 2.24) is 10.3 Å². The van der Waals surface area contributed by atoms with Crippen molar-refractivity contribution in [2.75, 3.05) is 0 Å². The summed E-state index contributed by atoms with van der Waals surface area (Å²) in [4.78, 5) is 28.3. The van der Waals surface area contributed by atoms with E-state index in [1.54, 1.807) is 12.3 Å². The van der Waals surface area contributed by atoms with Crippen molar-refractivity contribution in [3.63, 3.8) is 0 Å². The first-order chi connectivity index (χ1) is 13.0. The van der Waals surface area contributed by atoms with E-state index in [-0.39, 0.29) is 12.3 Å². The molecule has 0 spiro atoms. The highest BCUT2D eigenvalue weighted by Gasteiger charge is 2.39. The van der Waals surface area contributed by atoms with Gasteiger partial charge in [0.1, 0.15) is 5.54 Å². The fourth-order valence-electron chi connectivity index (χ4n) is 3.49. The van der Waals surface area contributed by atoms with Crippen LogP contribution in [-0.2, 0) is 16.0 Å². The van der Waals surface area contributed by atoms with Crippen LogP contribution in [0.25, 0.3) is 11.3 Å². The minimum absolute atomic E-state index is 0.123. The molecule has 2 aromatic rings. The Morgan fingerprint density at radius 1 is 1.19 bits per heavy atom. The van der Waals surface area contributed by atoms with Gasteiger partial charge in [-0.05, 0) is 25.0 Å². The van der Waals surface area contributed by atoms with Crippen molar-refractivity contribution in [1.29, 1.82) is 0 Å². The number of halogens is 1. The molecule has 6 nitrogen and oxygen atoms in total. The molecular weight excluding hydrogens is 368 g/mol. The monoisotopic (exact) mass is 390 g/mol. The van der Waals surface area contributed by atoms with Crippen LogP contribution >= 0.6 is 11.6 Å². The number of aromatic nitrogens is 1. The van der Waals surface area contributed by atoms with Crippen molar-refractivity contribution in [2.24, 2.45) is 0 Å². The lowest BCUT2D eigenvalue weighted by atomic mass is 9.90. The number of aliphatic carboxylic acids is 1. The fraction of sp³-hybridized carbons (Fsp3) is 0.450. The maximum atomic E-state index is 12.4. The second-order valence-corrected chi connectivity index (χ2v) is 7.35. The predicted octanol–water partition coefficient (Wildman–Crippen LogP) is 4.22. The second kappa shape index (κ2) is 8.57. The summed E-state index contributed by atoms with van der Waals surface area (Å²) in [5.41, 5.74) is -0.405. The third kappa shape index (κ3) is 4.69. The maximum absolute atomic E-state index is 12.4. The van der Waals surface area contributed by atoms with Crippen LogP contribution in [-0.4, -0.2) is 27.5 Å². The van der Waals surface area contributed by atoms with Gasteiger partial charge in [0.2, 0.25) is 5.91 Å². The standard InChI is InChI=1S/C20H23ClN2O4/c21-15-8-4-3-7-14(15)16-13-22-18(27-16)10-9-17(24)23-20(19(25)26)11-5-1-2-6-12-20/h3-4,7-8,13H,1-2,5-6,9-12H2,(H,23,24)(H,25,26). The first kappa shape index (κ1) is 19.4. The summed E-state index contributed by atoms with van der Waals surface area (Å²) >= 11 is 6.15. The Hall–Kier alpha value is -2.34. The van der Waals surface area contributed by atoms with Crippen molar-refractivity contribution in [2.45, 2.75) is 56.9 Å².